The summed E-state index contributed by atoms with van der Waals surface area (Å²) in [6, 6.07) is 16.3. The monoisotopic (exact) mass is 468 g/mol. The van der Waals surface area contributed by atoms with E-state index in [4.69, 9.17) is 9.47 Å². The highest BCUT2D eigenvalue weighted by Crippen LogP contribution is 2.16. The minimum absolute atomic E-state index is 0.107. The van der Waals surface area contributed by atoms with E-state index in [0.717, 1.165) is 16.7 Å². The van der Waals surface area contributed by atoms with E-state index in [2.05, 4.69) is 0 Å². The molecule has 0 N–H and O–H groups in total. The van der Waals surface area contributed by atoms with Crippen molar-refractivity contribution >= 4 is 18.0 Å². The second kappa shape index (κ2) is 12.2. The Hall–Kier alpha value is -3.35. The Labute approximate surface area is 202 Å². The lowest BCUT2D eigenvalue weighted by Crippen LogP contribution is -2.52. The summed E-state index contributed by atoms with van der Waals surface area (Å²) in [7, 11) is 1.54. The number of aryl methyl sites for hydroxylation is 1. The van der Waals surface area contributed by atoms with Crippen LogP contribution in [0.15, 0.2) is 54.6 Å². The summed E-state index contributed by atoms with van der Waals surface area (Å²) in [5.74, 6) is -0.864. The van der Waals surface area contributed by atoms with Gasteiger partial charge in [0.05, 0.1) is 0 Å². The fourth-order valence-electron chi connectivity index (χ4n) is 3.46. The standard InChI is InChI=1S/C27H36N2O5/c1-7-29(26(32)33-19-22-11-9-8-10-12-22)23(17-21-15-13-20(2)14-16-21)25(31)28(6)18-24(30)34-27(3,4)5/h8-16,23H,7,17-19H2,1-6H3/t23-/m0/s1. The lowest BCUT2D eigenvalue weighted by Gasteiger charge is -2.32. The van der Waals surface area contributed by atoms with Crippen LogP contribution in [0.4, 0.5) is 4.79 Å². The molecule has 0 bridgehead atoms. The largest absolute Gasteiger partial charge is 0.459 e. The first-order valence-electron chi connectivity index (χ1n) is 11.5. The molecule has 2 rings (SSSR count). The molecule has 0 radical (unpaired) electrons. The number of carbonyl (C=O) groups excluding carboxylic acids is 3. The quantitative estimate of drug-likeness (QED) is 0.511. The van der Waals surface area contributed by atoms with Crippen molar-refractivity contribution in [3.05, 3.63) is 71.3 Å². The summed E-state index contributed by atoms with van der Waals surface area (Å²) < 4.78 is 10.9. The number of hydrogen-bond donors (Lipinski definition) is 0. The van der Waals surface area contributed by atoms with Crippen molar-refractivity contribution in [1.82, 2.24) is 9.80 Å². The van der Waals surface area contributed by atoms with Gasteiger partial charge in [-0.2, -0.15) is 0 Å². The Balaban J connectivity index is 2.21. The SMILES string of the molecule is CCN(C(=O)OCc1ccccc1)[C@@H](Cc1ccc(C)cc1)C(=O)N(C)CC(=O)OC(C)(C)C. The van der Waals surface area contributed by atoms with E-state index in [9.17, 15) is 14.4 Å². The highest BCUT2D eigenvalue weighted by molar-refractivity contribution is 5.88. The predicted molar refractivity (Wildman–Crippen MR) is 131 cm³/mol. The van der Waals surface area contributed by atoms with E-state index < -0.39 is 23.7 Å². The maximum atomic E-state index is 13.5. The molecule has 0 aliphatic heterocycles. The molecule has 2 amide bonds. The van der Waals surface area contributed by atoms with E-state index in [-0.39, 0.29) is 25.6 Å². The van der Waals surface area contributed by atoms with Gasteiger partial charge in [-0.25, -0.2) is 4.79 Å². The van der Waals surface area contributed by atoms with Crippen LogP contribution in [0.25, 0.3) is 0 Å². The number of esters is 1. The first-order chi connectivity index (χ1) is 16.0. The Morgan fingerprint density at radius 2 is 1.56 bits per heavy atom. The second-order valence-corrected chi connectivity index (χ2v) is 9.31. The Morgan fingerprint density at radius 1 is 0.941 bits per heavy atom. The van der Waals surface area contributed by atoms with Crippen LogP contribution in [0.5, 0.6) is 0 Å². The molecule has 0 spiro atoms. The summed E-state index contributed by atoms with van der Waals surface area (Å²) in [6.45, 7) is 9.27. The summed E-state index contributed by atoms with van der Waals surface area (Å²) >= 11 is 0. The van der Waals surface area contributed by atoms with Gasteiger partial charge in [0.15, 0.2) is 0 Å². The van der Waals surface area contributed by atoms with E-state index in [1.54, 1.807) is 27.7 Å². The zero-order chi connectivity index (χ0) is 25.3. The van der Waals surface area contributed by atoms with Gasteiger partial charge in [0.1, 0.15) is 24.8 Å². The highest BCUT2D eigenvalue weighted by atomic mass is 16.6. The van der Waals surface area contributed by atoms with E-state index >= 15 is 0 Å². The first kappa shape index (κ1) is 26.9. The minimum Gasteiger partial charge on any atom is -0.459 e. The average molecular weight is 469 g/mol. The summed E-state index contributed by atoms with van der Waals surface area (Å²) in [6.07, 6.45) is -0.283. The van der Waals surface area contributed by atoms with Gasteiger partial charge >= 0.3 is 12.1 Å². The van der Waals surface area contributed by atoms with Gasteiger partial charge < -0.3 is 14.4 Å². The number of nitrogens with zero attached hydrogens (tertiary/aromatic N) is 2. The van der Waals surface area contributed by atoms with E-state index in [0.29, 0.717) is 6.42 Å². The summed E-state index contributed by atoms with van der Waals surface area (Å²) in [4.78, 5) is 41.5. The maximum absolute atomic E-state index is 13.5. The fraction of sp³-hybridized carbons (Fsp3) is 0.444. The van der Waals surface area contributed by atoms with Crippen molar-refractivity contribution < 1.29 is 23.9 Å². The molecule has 7 heteroatoms. The van der Waals surface area contributed by atoms with Gasteiger partial charge in [-0.3, -0.25) is 14.5 Å². The molecule has 0 saturated carbocycles. The average Bonchev–Trinajstić information content (AvgIpc) is 2.77. The third-order valence-corrected chi connectivity index (χ3v) is 5.15. The zero-order valence-electron chi connectivity index (χ0n) is 21.0. The molecule has 0 aliphatic carbocycles. The molecule has 0 unspecified atom stereocenters. The Kier molecular flexibility index (Phi) is 9.66. The van der Waals surface area contributed by atoms with Crippen molar-refractivity contribution in [2.24, 2.45) is 0 Å². The predicted octanol–water partition coefficient (Wildman–Crippen LogP) is 4.36. The minimum atomic E-state index is -0.830. The number of benzene rings is 2. The molecular formula is C27H36N2O5. The lowest BCUT2D eigenvalue weighted by atomic mass is 10.0. The lowest BCUT2D eigenvalue weighted by molar-refractivity contribution is -0.159. The van der Waals surface area contributed by atoms with Crippen molar-refractivity contribution in [2.75, 3.05) is 20.1 Å². The van der Waals surface area contributed by atoms with Gasteiger partial charge in [0.2, 0.25) is 5.91 Å². The van der Waals surface area contributed by atoms with Crippen molar-refractivity contribution in [2.45, 2.75) is 59.3 Å². The molecule has 0 fully saturated rings. The van der Waals surface area contributed by atoms with E-state index in [1.807, 2.05) is 61.5 Å². The molecule has 184 valence electrons. The molecule has 0 saturated heterocycles. The Morgan fingerprint density at radius 3 is 2.12 bits per heavy atom. The fourth-order valence-corrected chi connectivity index (χ4v) is 3.46. The highest BCUT2D eigenvalue weighted by Gasteiger charge is 2.33. The second-order valence-electron chi connectivity index (χ2n) is 9.31. The Bertz CT molecular complexity index is 951. The van der Waals surface area contributed by atoms with Crippen LogP contribution in [-0.4, -0.2) is 59.5 Å². The van der Waals surface area contributed by atoms with Crippen LogP contribution in [0.3, 0.4) is 0 Å². The van der Waals surface area contributed by atoms with Crippen LogP contribution in [0.2, 0.25) is 0 Å². The third-order valence-electron chi connectivity index (χ3n) is 5.15. The number of rotatable bonds is 9. The molecule has 2 aromatic rings. The molecule has 2 aromatic carbocycles. The van der Waals surface area contributed by atoms with Crippen LogP contribution in [0.1, 0.15) is 44.4 Å². The number of carbonyl (C=O) groups is 3. The topological polar surface area (TPSA) is 76.2 Å². The molecule has 0 aliphatic rings. The van der Waals surface area contributed by atoms with Gasteiger partial charge in [-0.05, 0) is 45.7 Å². The molecule has 34 heavy (non-hydrogen) atoms. The number of amides is 2. The van der Waals surface area contributed by atoms with E-state index in [1.165, 1.54) is 16.8 Å². The van der Waals surface area contributed by atoms with Gasteiger partial charge in [-0.1, -0.05) is 60.2 Å². The van der Waals surface area contributed by atoms with Crippen molar-refractivity contribution in [3.63, 3.8) is 0 Å². The van der Waals surface area contributed by atoms with Crippen LogP contribution < -0.4 is 0 Å². The molecule has 1 atom stereocenters. The number of hydrogen-bond acceptors (Lipinski definition) is 5. The normalized spacial score (nSPS) is 11.9. The molecule has 0 aromatic heterocycles. The third kappa shape index (κ3) is 8.54. The summed E-state index contributed by atoms with van der Waals surface area (Å²) in [5, 5.41) is 0. The molecule has 7 nitrogen and oxygen atoms in total. The molecular weight excluding hydrogens is 432 g/mol. The van der Waals surface area contributed by atoms with Crippen LogP contribution in [-0.2, 0) is 32.1 Å². The smallest absolute Gasteiger partial charge is 0.410 e. The zero-order valence-corrected chi connectivity index (χ0v) is 21.0. The number of ether oxygens (including phenoxy) is 2. The maximum Gasteiger partial charge on any atom is 0.410 e. The van der Waals surface area contributed by atoms with Crippen LogP contribution in [0, 0.1) is 6.92 Å². The van der Waals surface area contributed by atoms with Gasteiger partial charge in [0.25, 0.3) is 0 Å². The summed E-state index contributed by atoms with van der Waals surface area (Å²) in [5.41, 5.74) is 2.21. The van der Waals surface area contributed by atoms with Crippen LogP contribution >= 0.6 is 0 Å². The van der Waals surface area contributed by atoms with Crippen molar-refractivity contribution in [3.8, 4) is 0 Å². The van der Waals surface area contributed by atoms with Gasteiger partial charge in [-0.15, -0.1) is 0 Å². The van der Waals surface area contributed by atoms with Gasteiger partial charge in [0, 0.05) is 20.0 Å². The van der Waals surface area contributed by atoms with Crippen molar-refractivity contribution in [1.29, 1.82) is 0 Å². The molecule has 0 heterocycles. The first-order valence-corrected chi connectivity index (χ1v) is 11.5. The number of likely N-dealkylation sites (N-methyl/N-ethyl adjacent to an activating group) is 2.